The first-order valence-electron chi connectivity index (χ1n) is 4.12. The molecule has 1 aliphatic heterocycles. The lowest BCUT2D eigenvalue weighted by Crippen LogP contribution is -2.46. The largest absolute Gasteiger partial charge is 0.316 e. The molecule has 1 saturated heterocycles. The number of alkyl halides is 2. The third-order valence-corrected chi connectivity index (χ3v) is 2.35. The van der Waals surface area contributed by atoms with E-state index in [2.05, 4.69) is 5.32 Å². The molecule has 0 aromatic rings. The molecule has 11 heavy (non-hydrogen) atoms. The van der Waals surface area contributed by atoms with Gasteiger partial charge in [0.25, 0.3) is 5.92 Å². The summed E-state index contributed by atoms with van der Waals surface area (Å²) < 4.78 is 26.2. The van der Waals surface area contributed by atoms with E-state index in [1.54, 1.807) is 0 Å². The number of hydrogen-bond acceptors (Lipinski definition) is 1. The minimum atomic E-state index is -2.45. The first-order chi connectivity index (χ1) is 5.04. The Hall–Kier alpha value is -0.180. The molecule has 0 spiro atoms. The van der Waals surface area contributed by atoms with E-state index in [0.717, 1.165) is 0 Å². The van der Waals surface area contributed by atoms with E-state index in [4.69, 9.17) is 0 Å². The van der Waals surface area contributed by atoms with E-state index in [1.807, 2.05) is 13.8 Å². The zero-order valence-corrected chi connectivity index (χ0v) is 7.03. The van der Waals surface area contributed by atoms with Crippen molar-refractivity contribution >= 4 is 0 Å². The van der Waals surface area contributed by atoms with Crippen LogP contribution in [0, 0.1) is 11.8 Å². The smallest absolute Gasteiger partial charge is 0.253 e. The van der Waals surface area contributed by atoms with E-state index in [0.29, 0.717) is 13.1 Å². The Balaban J connectivity index is 2.60. The van der Waals surface area contributed by atoms with Crippen LogP contribution in [0.1, 0.15) is 20.3 Å². The summed E-state index contributed by atoms with van der Waals surface area (Å²) >= 11 is 0. The van der Waals surface area contributed by atoms with Gasteiger partial charge < -0.3 is 5.32 Å². The topological polar surface area (TPSA) is 12.0 Å². The number of nitrogens with one attached hydrogen (secondary N) is 1. The zero-order chi connectivity index (χ0) is 8.48. The molecule has 0 aromatic heterocycles. The summed E-state index contributed by atoms with van der Waals surface area (Å²) in [7, 11) is 0. The van der Waals surface area contributed by atoms with Crippen LogP contribution < -0.4 is 5.32 Å². The molecular weight excluding hydrogens is 148 g/mol. The maximum Gasteiger partial charge on any atom is 0.253 e. The Bertz CT molecular complexity index is 134. The summed E-state index contributed by atoms with van der Waals surface area (Å²) in [5, 5.41) is 2.99. The summed E-state index contributed by atoms with van der Waals surface area (Å²) in [5.41, 5.74) is 0. The lowest BCUT2D eigenvalue weighted by atomic mass is 9.85. The van der Waals surface area contributed by atoms with Gasteiger partial charge in [0, 0.05) is 25.4 Å². The molecule has 1 heterocycles. The highest BCUT2D eigenvalue weighted by Gasteiger charge is 2.42. The molecule has 1 N–H and O–H groups in total. The minimum absolute atomic E-state index is 0.00412. The molecule has 0 aromatic carbocycles. The number of hydrogen-bond donors (Lipinski definition) is 1. The highest BCUT2D eigenvalue weighted by Crippen LogP contribution is 2.34. The molecule has 1 fully saturated rings. The third-order valence-electron chi connectivity index (χ3n) is 2.35. The monoisotopic (exact) mass is 163 g/mol. The van der Waals surface area contributed by atoms with Crippen LogP contribution >= 0.6 is 0 Å². The van der Waals surface area contributed by atoms with E-state index in [9.17, 15) is 8.78 Å². The van der Waals surface area contributed by atoms with Crippen LogP contribution in [0.25, 0.3) is 0 Å². The molecule has 0 saturated carbocycles. The maximum absolute atomic E-state index is 13.1. The lowest BCUT2D eigenvalue weighted by Gasteiger charge is -2.34. The SMILES string of the molecule is CC(C)C1CNCCC1(F)F. The lowest BCUT2D eigenvalue weighted by molar-refractivity contribution is -0.0937. The molecule has 0 radical (unpaired) electrons. The molecule has 3 heteroatoms. The van der Waals surface area contributed by atoms with Crippen LogP contribution in [0.3, 0.4) is 0 Å². The highest BCUT2D eigenvalue weighted by molar-refractivity contribution is 4.85. The second kappa shape index (κ2) is 3.05. The van der Waals surface area contributed by atoms with Crippen LogP contribution in [0.15, 0.2) is 0 Å². The molecule has 1 aliphatic rings. The Morgan fingerprint density at radius 3 is 2.45 bits per heavy atom. The average Bonchev–Trinajstić information content (AvgIpc) is 1.85. The van der Waals surface area contributed by atoms with Crippen molar-refractivity contribution in [2.24, 2.45) is 11.8 Å². The average molecular weight is 163 g/mol. The molecule has 1 nitrogen and oxygen atoms in total. The van der Waals surface area contributed by atoms with E-state index >= 15 is 0 Å². The molecule has 1 unspecified atom stereocenters. The van der Waals surface area contributed by atoms with Gasteiger partial charge in [-0.15, -0.1) is 0 Å². The van der Waals surface area contributed by atoms with Crippen molar-refractivity contribution in [1.29, 1.82) is 0 Å². The second-order valence-electron chi connectivity index (χ2n) is 3.57. The Labute approximate surface area is 66.2 Å². The van der Waals surface area contributed by atoms with Crippen molar-refractivity contribution in [2.45, 2.75) is 26.2 Å². The molecule has 1 atom stereocenters. The van der Waals surface area contributed by atoms with E-state index in [-0.39, 0.29) is 12.3 Å². The van der Waals surface area contributed by atoms with E-state index < -0.39 is 11.8 Å². The van der Waals surface area contributed by atoms with Gasteiger partial charge >= 0.3 is 0 Å². The summed E-state index contributed by atoms with van der Waals surface area (Å²) in [5.74, 6) is -2.85. The van der Waals surface area contributed by atoms with Gasteiger partial charge in [0.2, 0.25) is 0 Å². The fraction of sp³-hybridized carbons (Fsp3) is 1.00. The van der Waals surface area contributed by atoms with Crippen molar-refractivity contribution in [3.63, 3.8) is 0 Å². The van der Waals surface area contributed by atoms with Crippen molar-refractivity contribution in [2.75, 3.05) is 13.1 Å². The highest BCUT2D eigenvalue weighted by atomic mass is 19.3. The van der Waals surface area contributed by atoms with Crippen LogP contribution in [-0.4, -0.2) is 19.0 Å². The predicted molar refractivity (Wildman–Crippen MR) is 40.8 cm³/mol. The first-order valence-corrected chi connectivity index (χ1v) is 4.12. The van der Waals surface area contributed by atoms with E-state index in [1.165, 1.54) is 0 Å². The standard InChI is InChI=1S/C8H15F2N/c1-6(2)7-5-11-4-3-8(7,9)10/h6-7,11H,3-5H2,1-2H3. The molecular formula is C8H15F2N. The summed E-state index contributed by atoms with van der Waals surface area (Å²) in [6.45, 7) is 4.62. The van der Waals surface area contributed by atoms with Gasteiger partial charge in [-0.05, 0) is 5.92 Å². The quantitative estimate of drug-likeness (QED) is 0.622. The van der Waals surface area contributed by atoms with Gasteiger partial charge in [-0.2, -0.15) is 0 Å². The van der Waals surface area contributed by atoms with Gasteiger partial charge in [0.1, 0.15) is 0 Å². The normalized spacial score (nSPS) is 30.8. The van der Waals surface area contributed by atoms with Gasteiger partial charge in [-0.25, -0.2) is 8.78 Å². The third kappa shape index (κ3) is 1.89. The fourth-order valence-corrected chi connectivity index (χ4v) is 1.57. The summed E-state index contributed by atoms with van der Waals surface area (Å²) in [4.78, 5) is 0. The molecule has 66 valence electrons. The molecule has 0 bridgehead atoms. The molecule has 0 amide bonds. The summed E-state index contributed by atoms with van der Waals surface area (Å²) in [6.07, 6.45) is -0.00412. The van der Waals surface area contributed by atoms with Crippen LogP contribution in [0.5, 0.6) is 0 Å². The predicted octanol–water partition coefficient (Wildman–Crippen LogP) is 1.89. The number of halogens is 2. The zero-order valence-electron chi connectivity index (χ0n) is 7.03. The van der Waals surface area contributed by atoms with Gasteiger partial charge in [-0.1, -0.05) is 13.8 Å². The molecule has 0 aliphatic carbocycles. The maximum atomic E-state index is 13.1. The Kier molecular flexibility index (Phi) is 2.47. The van der Waals surface area contributed by atoms with Crippen molar-refractivity contribution in [3.8, 4) is 0 Å². The Morgan fingerprint density at radius 1 is 1.45 bits per heavy atom. The number of rotatable bonds is 1. The first kappa shape index (κ1) is 8.91. The van der Waals surface area contributed by atoms with Crippen LogP contribution in [0.2, 0.25) is 0 Å². The number of piperidine rings is 1. The minimum Gasteiger partial charge on any atom is -0.316 e. The van der Waals surface area contributed by atoms with Crippen LogP contribution in [-0.2, 0) is 0 Å². The van der Waals surface area contributed by atoms with Gasteiger partial charge in [0.05, 0.1) is 0 Å². The van der Waals surface area contributed by atoms with Crippen molar-refractivity contribution in [3.05, 3.63) is 0 Å². The molecule has 1 rings (SSSR count). The van der Waals surface area contributed by atoms with Gasteiger partial charge in [-0.3, -0.25) is 0 Å². The Morgan fingerprint density at radius 2 is 2.09 bits per heavy atom. The summed E-state index contributed by atoms with van der Waals surface area (Å²) in [6, 6.07) is 0. The van der Waals surface area contributed by atoms with Crippen molar-refractivity contribution < 1.29 is 8.78 Å². The fourth-order valence-electron chi connectivity index (χ4n) is 1.57. The second-order valence-corrected chi connectivity index (χ2v) is 3.57. The van der Waals surface area contributed by atoms with Gasteiger partial charge in [0.15, 0.2) is 0 Å². The van der Waals surface area contributed by atoms with Crippen molar-refractivity contribution in [1.82, 2.24) is 5.32 Å². The van der Waals surface area contributed by atoms with Crippen LogP contribution in [0.4, 0.5) is 8.78 Å².